The first kappa shape index (κ1) is 25.0. The second kappa shape index (κ2) is 10.1. The number of carbonyl (C=O) groups is 2. The van der Waals surface area contributed by atoms with Crippen LogP contribution in [-0.2, 0) is 6.18 Å². The molecule has 0 saturated heterocycles. The Hall–Kier alpha value is -3.60. The Bertz CT molecular complexity index is 1200. The number of halogens is 5. The molecule has 0 spiro atoms. The smallest absolute Gasteiger partial charge is 0.330 e. The summed E-state index contributed by atoms with van der Waals surface area (Å²) < 4.78 is 68.6. The van der Waals surface area contributed by atoms with Crippen LogP contribution in [0, 0.1) is 11.6 Å². The summed E-state index contributed by atoms with van der Waals surface area (Å²) in [5.41, 5.74) is -1.97. The van der Waals surface area contributed by atoms with E-state index in [2.05, 4.69) is 23.4 Å². The Labute approximate surface area is 197 Å². The Morgan fingerprint density at radius 2 is 1.62 bits per heavy atom. The van der Waals surface area contributed by atoms with Crippen LogP contribution in [0.5, 0.6) is 0 Å². The van der Waals surface area contributed by atoms with Gasteiger partial charge in [0.15, 0.2) is 0 Å². The number of urea groups is 1. The van der Waals surface area contributed by atoms with Gasteiger partial charge >= 0.3 is 12.2 Å². The molecule has 178 valence electrons. The highest BCUT2D eigenvalue weighted by Gasteiger charge is 2.35. The van der Waals surface area contributed by atoms with Gasteiger partial charge in [0, 0.05) is 0 Å². The SMILES string of the molecule is CC(NC(=O)N(S)c1ccc(NC(=O)c2ccccc2F)c(C(F)(F)F)c1)c1ccc(F)cc1. The van der Waals surface area contributed by atoms with Crippen LogP contribution in [-0.4, -0.2) is 11.9 Å². The Morgan fingerprint density at radius 1 is 0.971 bits per heavy atom. The molecule has 11 heteroatoms. The number of benzene rings is 3. The maximum absolute atomic E-state index is 13.8. The van der Waals surface area contributed by atoms with Crippen LogP contribution in [0.4, 0.5) is 38.1 Å². The third-order valence-corrected chi connectivity index (χ3v) is 5.23. The van der Waals surface area contributed by atoms with Gasteiger partial charge in [-0.05, 0) is 55.0 Å². The molecule has 3 aromatic rings. The summed E-state index contributed by atoms with van der Waals surface area (Å²) in [7, 11) is 0. The lowest BCUT2D eigenvalue weighted by molar-refractivity contribution is -0.136. The number of alkyl halides is 3. The standard InChI is InChI=1S/C23H18F5N3O2S/c1-13(14-6-8-15(24)9-7-14)29-22(33)31(34)16-10-11-20(18(12-16)23(26,27)28)30-21(32)17-4-2-3-5-19(17)25/h2-13,34H,1H3,(H,29,33)(H,30,32). The molecule has 0 fully saturated rings. The number of thiol groups is 1. The van der Waals surface area contributed by atoms with Crippen molar-refractivity contribution in [3.63, 3.8) is 0 Å². The fourth-order valence-corrected chi connectivity index (χ4v) is 3.22. The van der Waals surface area contributed by atoms with Crippen LogP contribution in [0.15, 0.2) is 66.7 Å². The molecule has 3 amide bonds. The van der Waals surface area contributed by atoms with Gasteiger partial charge in [-0.1, -0.05) is 37.1 Å². The molecule has 0 heterocycles. The van der Waals surface area contributed by atoms with Crippen molar-refractivity contribution in [1.82, 2.24) is 5.32 Å². The fraction of sp³-hybridized carbons (Fsp3) is 0.130. The van der Waals surface area contributed by atoms with E-state index >= 15 is 0 Å². The Kier molecular flexibility index (Phi) is 7.45. The number of nitrogens with one attached hydrogen (secondary N) is 2. The van der Waals surface area contributed by atoms with E-state index in [4.69, 9.17) is 0 Å². The van der Waals surface area contributed by atoms with Crippen LogP contribution < -0.4 is 14.9 Å². The van der Waals surface area contributed by atoms with Crippen LogP contribution in [0.1, 0.15) is 34.5 Å². The zero-order valence-corrected chi connectivity index (χ0v) is 18.4. The van der Waals surface area contributed by atoms with Gasteiger partial charge in [-0.2, -0.15) is 13.2 Å². The van der Waals surface area contributed by atoms with Crippen molar-refractivity contribution < 1.29 is 31.5 Å². The highest BCUT2D eigenvalue weighted by Crippen LogP contribution is 2.38. The Balaban J connectivity index is 1.82. The second-order valence-electron chi connectivity index (χ2n) is 7.20. The minimum atomic E-state index is -4.90. The van der Waals surface area contributed by atoms with E-state index in [0.717, 1.165) is 24.3 Å². The van der Waals surface area contributed by atoms with Gasteiger partial charge < -0.3 is 10.6 Å². The molecule has 0 aliphatic carbocycles. The first-order valence-corrected chi connectivity index (χ1v) is 10.2. The predicted octanol–water partition coefficient (Wildman–Crippen LogP) is 6.36. The van der Waals surface area contributed by atoms with Gasteiger partial charge in [-0.25, -0.2) is 17.9 Å². The Morgan fingerprint density at radius 3 is 2.24 bits per heavy atom. The largest absolute Gasteiger partial charge is 0.418 e. The number of amides is 3. The summed E-state index contributed by atoms with van der Waals surface area (Å²) in [6.07, 6.45) is -4.90. The molecule has 34 heavy (non-hydrogen) atoms. The zero-order chi connectivity index (χ0) is 25.0. The summed E-state index contributed by atoms with van der Waals surface area (Å²) in [6, 6.07) is 11.5. The van der Waals surface area contributed by atoms with Crippen LogP contribution in [0.25, 0.3) is 0 Å². The molecule has 3 rings (SSSR count). The van der Waals surface area contributed by atoms with Gasteiger partial charge in [0.05, 0.1) is 28.5 Å². The van der Waals surface area contributed by atoms with Gasteiger partial charge in [0.25, 0.3) is 5.91 Å². The summed E-state index contributed by atoms with van der Waals surface area (Å²) in [4.78, 5) is 24.8. The second-order valence-corrected chi connectivity index (χ2v) is 7.60. The summed E-state index contributed by atoms with van der Waals surface area (Å²) in [6.45, 7) is 1.61. The van der Waals surface area contributed by atoms with E-state index in [9.17, 15) is 31.5 Å². The molecular weight excluding hydrogens is 477 g/mol. The van der Waals surface area contributed by atoms with Gasteiger partial charge in [0.1, 0.15) is 11.6 Å². The molecule has 0 saturated carbocycles. The molecule has 0 aromatic heterocycles. The van der Waals surface area contributed by atoms with Crippen molar-refractivity contribution in [1.29, 1.82) is 0 Å². The van der Waals surface area contributed by atoms with Crippen LogP contribution in [0.2, 0.25) is 0 Å². The minimum Gasteiger partial charge on any atom is -0.330 e. The maximum atomic E-state index is 13.8. The highest BCUT2D eigenvalue weighted by atomic mass is 32.1. The molecule has 3 aromatic carbocycles. The van der Waals surface area contributed by atoms with Crippen molar-refractivity contribution >= 4 is 36.1 Å². The third kappa shape index (κ3) is 5.84. The highest BCUT2D eigenvalue weighted by molar-refractivity contribution is 7.82. The van der Waals surface area contributed by atoms with Crippen molar-refractivity contribution in [3.05, 3.63) is 95.1 Å². The summed E-state index contributed by atoms with van der Waals surface area (Å²) >= 11 is 3.99. The van der Waals surface area contributed by atoms with Gasteiger partial charge in [-0.15, -0.1) is 0 Å². The monoisotopic (exact) mass is 495 g/mol. The van der Waals surface area contributed by atoms with Crippen molar-refractivity contribution in [2.24, 2.45) is 0 Å². The maximum Gasteiger partial charge on any atom is 0.418 e. The average molecular weight is 495 g/mol. The molecule has 0 radical (unpaired) electrons. The third-order valence-electron chi connectivity index (χ3n) is 4.82. The number of anilines is 2. The molecule has 0 aliphatic heterocycles. The normalized spacial score (nSPS) is 12.1. The van der Waals surface area contributed by atoms with Crippen molar-refractivity contribution in [2.45, 2.75) is 19.1 Å². The predicted molar refractivity (Wildman–Crippen MR) is 121 cm³/mol. The van der Waals surface area contributed by atoms with E-state index < -0.39 is 52.6 Å². The summed E-state index contributed by atoms with van der Waals surface area (Å²) in [5, 5.41) is 4.60. The van der Waals surface area contributed by atoms with Crippen LogP contribution in [0.3, 0.4) is 0 Å². The fourth-order valence-electron chi connectivity index (χ4n) is 3.04. The number of hydrogen-bond acceptors (Lipinski definition) is 3. The van der Waals surface area contributed by atoms with Crippen LogP contribution >= 0.6 is 12.8 Å². The number of rotatable bonds is 5. The van der Waals surface area contributed by atoms with Crippen molar-refractivity contribution in [2.75, 3.05) is 9.62 Å². The molecule has 0 bridgehead atoms. The minimum absolute atomic E-state index is 0.233. The van der Waals surface area contributed by atoms with E-state index in [1.807, 2.05) is 0 Å². The lowest BCUT2D eigenvalue weighted by Gasteiger charge is -2.22. The lowest BCUT2D eigenvalue weighted by Crippen LogP contribution is -2.35. The van der Waals surface area contributed by atoms with Gasteiger partial charge in [0.2, 0.25) is 0 Å². The molecule has 5 nitrogen and oxygen atoms in total. The number of hydrogen-bond donors (Lipinski definition) is 3. The van der Waals surface area contributed by atoms with E-state index in [-0.39, 0.29) is 5.69 Å². The number of carbonyl (C=O) groups excluding carboxylic acids is 2. The molecule has 1 atom stereocenters. The first-order chi connectivity index (χ1) is 16.0. The quantitative estimate of drug-likeness (QED) is 0.285. The molecule has 1 unspecified atom stereocenters. The average Bonchev–Trinajstić information content (AvgIpc) is 2.78. The molecular formula is C23H18F5N3O2S. The lowest BCUT2D eigenvalue weighted by atomic mass is 10.1. The van der Waals surface area contributed by atoms with Crippen molar-refractivity contribution in [3.8, 4) is 0 Å². The molecule has 0 aliphatic rings. The van der Waals surface area contributed by atoms with E-state index in [0.29, 0.717) is 15.9 Å². The topological polar surface area (TPSA) is 61.4 Å². The first-order valence-electron chi connectivity index (χ1n) is 9.79. The van der Waals surface area contributed by atoms with E-state index in [1.165, 1.54) is 36.4 Å². The zero-order valence-electron chi connectivity index (χ0n) is 17.5. The van der Waals surface area contributed by atoms with E-state index in [1.54, 1.807) is 6.92 Å². The number of nitrogens with zero attached hydrogens (tertiary/aromatic N) is 1. The summed E-state index contributed by atoms with van der Waals surface area (Å²) in [5.74, 6) is -2.41. The van der Waals surface area contributed by atoms with Gasteiger partial charge in [-0.3, -0.25) is 4.79 Å². The molecule has 2 N–H and O–H groups in total.